The number of rotatable bonds is 7. The van der Waals surface area contributed by atoms with Gasteiger partial charge in [-0.1, -0.05) is 35.3 Å². The molecule has 0 saturated heterocycles. The number of sulfone groups is 1. The Morgan fingerprint density at radius 3 is 2.57 bits per heavy atom. The minimum absolute atomic E-state index is 0.0456. The zero-order valence-corrected chi connectivity index (χ0v) is 21.4. The third-order valence-corrected chi connectivity index (χ3v) is 8.97. The van der Waals surface area contributed by atoms with E-state index in [1.165, 1.54) is 29.1 Å². The maximum atomic E-state index is 13.1. The van der Waals surface area contributed by atoms with Crippen LogP contribution in [-0.4, -0.2) is 42.4 Å². The molecule has 0 radical (unpaired) electrons. The Morgan fingerprint density at radius 1 is 1.14 bits per heavy atom. The number of amidine groups is 1. The van der Waals surface area contributed by atoms with Crippen molar-refractivity contribution in [2.24, 2.45) is 10.7 Å². The molecule has 12 heteroatoms. The van der Waals surface area contributed by atoms with E-state index in [2.05, 4.69) is 9.98 Å². The van der Waals surface area contributed by atoms with Crippen LogP contribution in [0.5, 0.6) is 0 Å². The molecule has 0 unspecified atom stereocenters. The van der Waals surface area contributed by atoms with Crippen molar-refractivity contribution in [2.75, 3.05) is 12.8 Å². The first kappa shape index (κ1) is 25.1. The van der Waals surface area contributed by atoms with E-state index in [1.807, 2.05) is 0 Å². The highest BCUT2D eigenvalue weighted by molar-refractivity contribution is 7.94. The lowest BCUT2D eigenvalue weighted by Crippen LogP contribution is -2.20. The number of fused-ring (bicyclic) bond motifs is 1. The van der Waals surface area contributed by atoms with Crippen molar-refractivity contribution in [1.82, 2.24) is 9.55 Å². The summed E-state index contributed by atoms with van der Waals surface area (Å²) in [6, 6.07) is 12.6. The summed E-state index contributed by atoms with van der Waals surface area (Å²) >= 11 is 13.1. The van der Waals surface area contributed by atoms with Gasteiger partial charge < -0.3 is 5.73 Å². The highest BCUT2D eigenvalue weighted by Crippen LogP contribution is 2.27. The Kier molecular flexibility index (Phi) is 7.09. The summed E-state index contributed by atoms with van der Waals surface area (Å²) in [5.41, 5.74) is 7.51. The summed E-state index contributed by atoms with van der Waals surface area (Å²) in [7, 11) is -2.20. The average molecular weight is 549 g/mol. The number of nitrogens with two attached hydrogens (primary N) is 1. The quantitative estimate of drug-likeness (QED) is 0.277. The van der Waals surface area contributed by atoms with E-state index in [0.717, 1.165) is 11.3 Å². The number of hydrogen-bond acceptors (Lipinski definition) is 7. The van der Waals surface area contributed by atoms with Gasteiger partial charge in [0.25, 0.3) is 5.56 Å². The summed E-state index contributed by atoms with van der Waals surface area (Å²) < 4.78 is 26.5. The van der Waals surface area contributed by atoms with Crippen LogP contribution in [0.3, 0.4) is 0 Å². The minimum Gasteiger partial charge on any atom is -0.384 e. The molecular weight excluding hydrogens is 531 g/mol. The fourth-order valence-electron chi connectivity index (χ4n) is 3.46. The maximum Gasteiger partial charge on any atom is 0.265 e. The van der Waals surface area contributed by atoms with Crippen molar-refractivity contribution >= 4 is 66.9 Å². The molecule has 4 aromatic rings. The van der Waals surface area contributed by atoms with Gasteiger partial charge in [-0.3, -0.25) is 19.1 Å². The Balaban J connectivity index is 1.57. The number of carbonyl (C=O) groups excluding carboxylic acids is 1. The van der Waals surface area contributed by atoms with Gasteiger partial charge in [0.05, 0.1) is 25.9 Å². The predicted molar refractivity (Wildman–Crippen MR) is 139 cm³/mol. The molecule has 0 atom stereocenters. The Morgan fingerprint density at radius 2 is 1.91 bits per heavy atom. The lowest BCUT2D eigenvalue weighted by atomic mass is 10.1. The molecule has 0 amide bonds. The number of Topliss-reactive ketones (excluding diaryl/α,β-unsaturated/α-hetero) is 1. The molecule has 0 aliphatic rings. The second-order valence-corrected chi connectivity index (χ2v) is 11.9. The number of aromatic nitrogens is 2. The monoisotopic (exact) mass is 548 g/mol. The Bertz CT molecular complexity index is 1660. The molecule has 0 aliphatic carbocycles. The molecule has 0 fully saturated rings. The average Bonchev–Trinajstić information content (AvgIpc) is 3.26. The van der Waals surface area contributed by atoms with Gasteiger partial charge in [0.1, 0.15) is 22.1 Å². The van der Waals surface area contributed by atoms with Gasteiger partial charge >= 0.3 is 0 Å². The molecule has 4 rings (SSSR count). The first-order valence-corrected chi connectivity index (χ1v) is 13.3. The van der Waals surface area contributed by atoms with Crippen LogP contribution in [0.2, 0.25) is 9.36 Å². The predicted octanol–water partition coefficient (Wildman–Crippen LogP) is 3.67. The smallest absolute Gasteiger partial charge is 0.265 e. The van der Waals surface area contributed by atoms with Gasteiger partial charge in [-0.15, -0.1) is 11.3 Å². The molecule has 180 valence electrons. The van der Waals surface area contributed by atoms with Gasteiger partial charge in [-0.25, -0.2) is 13.4 Å². The van der Waals surface area contributed by atoms with Crippen LogP contribution in [0.15, 0.2) is 68.9 Å². The molecular formula is C23H18Cl2N4O4S2. The topological polar surface area (TPSA) is 124 Å². The molecule has 2 heterocycles. The third-order valence-electron chi connectivity index (χ3n) is 5.17. The van der Waals surface area contributed by atoms with Gasteiger partial charge in [0, 0.05) is 19.0 Å². The number of aliphatic imine (C=N–C) groups is 1. The fourth-order valence-corrected chi connectivity index (χ4v) is 6.57. The standard InChI is InChI=1S/C23H18Cl2N4O4S2/c1-27-22(26)14-3-4-16-18(10-14)28-12-29(23(16)31)19-5-2-13(9-17(19)24)8-15(30)11-35(32,33)21-7-6-20(25)34-21/h2-7,9-10,12H,8,11H2,1H3,(H2,26,27). The van der Waals surface area contributed by atoms with Crippen molar-refractivity contribution in [3.8, 4) is 5.69 Å². The highest BCUT2D eigenvalue weighted by Gasteiger charge is 2.22. The van der Waals surface area contributed by atoms with Crippen LogP contribution in [0.25, 0.3) is 16.6 Å². The Hall–Kier alpha value is -3.05. The summed E-state index contributed by atoms with van der Waals surface area (Å²) in [5, 5.41) is 0.583. The summed E-state index contributed by atoms with van der Waals surface area (Å²) in [6.45, 7) is 0. The SMILES string of the molecule is CN=C(N)c1ccc2c(=O)n(-c3ccc(CC(=O)CS(=O)(=O)c4ccc(Cl)s4)cc3Cl)cnc2c1. The minimum atomic E-state index is -3.77. The van der Waals surface area contributed by atoms with E-state index in [4.69, 9.17) is 28.9 Å². The normalized spacial score (nSPS) is 12.3. The van der Waals surface area contributed by atoms with E-state index in [0.29, 0.717) is 37.9 Å². The molecule has 8 nitrogen and oxygen atoms in total. The third kappa shape index (κ3) is 5.30. The zero-order chi connectivity index (χ0) is 25.3. The van der Waals surface area contributed by atoms with E-state index in [-0.39, 0.29) is 21.2 Å². The number of carbonyl (C=O) groups is 1. The maximum absolute atomic E-state index is 13.1. The fraction of sp³-hybridized carbons (Fsp3) is 0.130. The Labute approximate surface area is 214 Å². The second-order valence-electron chi connectivity index (χ2n) is 7.58. The van der Waals surface area contributed by atoms with Gasteiger partial charge in [0.2, 0.25) is 0 Å². The van der Waals surface area contributed by atoms with Crippen LogP contribution in [0.1, 0.15) is 11.1 Å². The van der Waals surface area contributed by atoms with Crippen LogP contribution in [-0.2, 0) is 21.1 Å². The van der Waals surface area contributed by atoms with E-state index in [1.54, 1.807) is 37.4 Å². The first-order chi connectivity index (χ1) is 16.6. The molecule has 2 N–H and O–H groups in total. The van der Waals surface area contributed by atoms with Crippen molar-refractivity contribution in [1.29, 1.82) is 0 Å². The number of nitrogens with zero attached hydrogens (tertiary/aromatic N) is 3. The van der Waals surface area contributed by atoms with E-state index < -0.39 is 21.4 Å². The van der Waals surface area contributed by atoms with Gasteiger partial charge in [-0.05, 0) is 42.0 Å². The molecule has 0 spiro atoms. The largest absolute Gasteiger partial charge is 0.384 e. The molecule has 0 saturated carbocycles. The number of halogens is 2. The van der Waals surface area contributed by atoms with Crippen LogP contribution in [0.4, 0.5) is 0 Å². The van der Waals surface area contributed by atoms with Gasteiger partial charge in [0.15, 0.2) is 15.6 Å². The van der Waals surface area contributed by atoms with E-state index in [9.17, 15) is 18.0 Å². The van der Waals surface area contributed by atoms with Crippen molar-refractivity contribution in [3.05, 3.63) is 85.7 Å². The molecule has 0 bridgehead atoms. The number of thiophene rings is 1. The van der Waals surface area contributed by atoms with Crippen molar-refractivity contribution < 1.29 is 13.2 Å². The summed E-state index contributed by atoms with van der Waals surface area (Å²) in [6.07, 6.45) is 1.23. The first-order valence-electron chi connectivity index (χ1n) is 10.1. The molecule has 2 aromatic carbocycles. The van der Waals surface area contributed by atoms with Crippen LogP contribution < -0.4 is 11.3 Å². The van der Waals surface area contributed by atoms with Crippen molar-refractivity contribution in [3.63, 3.8) is 0 Å². The lowest BCUT2D eigenvalue weighted by molar-refractivity contribution is -0.116. The highest BCUT2D eigenvalue weighted by atomic mass is 35.5. The summed E-state index contributed by atoms with van der Waals surface area (Å²) in [4.78, 5) is 33.8. The van der Waals surface area contributed by atoms with Crippen molar-refractivity contribution in [2.45, 2.75) is 10.6 Å². The molecule has 35 heavy (non-hydrogen) atoms. The van der Waals surface area contributed by atoms with Gasteiger partial charge in [-0.2, -0.15) is 0 Å². The van der Waals surface area contributed by atoms with Crippen LogP contribution in [0, 0.1) is 0 Å². The zero-order valence-electron chi connectivity index (χ0n) is 18.2. The molecule has 0 aliphatic heterocycles. The summed E-state index contributed by atoms with van der Waals surface area (Å²) in [5.74, 6) is -0.807. The lowest BCUT2D eigenvalue weighted by Gasteiger charge is -2.11. The molecule has 2 aromatic heterocycles. The number of hydrogen-bond donors (Lipinski definition) is 1. The number of ketones is 1. The van der Waals surface area contributed by atoms with Crippen LogP contribution >= 0.6 is 34.5 Å². The van der Waals surface area contributed by atoms with E-state index >= 15 is 0 Å². The number of benzene rings is 2. The second kappa shape index (κ2) is 9.90.